The second kappa shape index (κ2) is 5.07. The molecule has 0 aliphatic carbocycles. The highest BCUT2D eigenvalue weighted by atomic mass is 16.3. The average Bonchev–Trinajstić information content (AvgIpc) is 2.19. The zero-order valence-corrected chi connectivity index (χ0v) is 10.6. The quantitative estimate of drug-likeness (QED) is 0.774. The molecule has 0 saturated heterocycles. The number of rotatable bonds is 4. The first-order valence-corrected chi connectivity index (χ1v) is 5.52. The van der Waals surface area contributed by atoms with Crippen LogP contribution in [0.15, 0.2) is 18.2 Å². The summed E-state index contributed by atoms with van der Waals surface area (Å²) >= 11 is 0. The van der Waals surface area contributed by atoms with E-state index in [-0.39, 0.29) is 0 Å². The van der Waals surface area contributed by atoms with Gasteiger partial charge in [0.05, 0.1) is 18.1 Å². The molecule has 0 fully saturated rings. The van der Waals surface area contributed by atoms with Gasteiger partial charge in [0.15, 0.2) is 0 Å². The van der Waals surface area contributed by atoms with Gasteiger partial charge in [0.2, 0.25) is 0 Å². The molecular formula is C13H19N3O. The predicted molar refractivity (Wildman–Crippen MR) is 69.7 cm³/mol. The van der Waals surface area contributed by atoms with E-state index in [1.54, 1.807) is 19.9 Å². The van der Waals surface area contributed by atoms with Gasteiger partial charge in [-0.15, -0.1) is 0 Å². The van der Waals surface area contributed by atoms with Gasteiger partial charge in [-0.3, -0.25) is 0 Å². The van der Waals surface area contributed by atoms with Gasteiger partial charge < -0.3 is 15.7 Å². The first-order chi connectivity index (χ1) is 7.83. The number of nitrogens with zero attached hydrogens (tertiary/aromatic N) is 2. The number of anilines is 2. The molecule has 17 heavy (non-hydrogen) atoms. The summed E-state index contributed by atoms with van der Waals surface area (Å²) in [5.74, 6) is 0. The number of aliphatic hydroxyl groups is 1. The lowest BCUT2D eigenvalue weighted by molar-refractivity contribution is 0.0886. The summed E-state index contributed by atoms with van der Waals surface area (Å²) < 4.78 is 0. The molecule has 1 rings (SSSR count). The van der Waals surface area contributed by atoms with Gasteiger partial charge in [-0.1, -0.05) is 0 Å². The highest BCUT2D eigenvalue weighted by molar-refractivity contribution is 5.59. The van der Waals surface area contributed by atoms with Gasteiger partial charge in [0.1, 0.15) is 0 Å². The van der Waals surface area contributed by atoms with Crippen LogP contribution in [0.25, 0.3) is 0 Å². The number of hydrogen-bond donors (Lipinski definition) is 2. The lowest BCUT2D eigenvalue weighted by atomic mass is 10.1. The number of benzene rings is 1. The zero-order chi connectivity index (χ0) is 13.1. The highest BCUT2D eigenvalue weighted by Gasteiger charge is 2.16. The number of hydrogen-bond acceptors (Lipinski definition) is 4. The third kappa shape index (κ3) is 3.97. The molecular weight excluding hydrogens is 214 g/mol. The fourth-order valence-electron chi connectivity index (χ4n) is 1.74. The fraction of sp³-hybridized carbons (Fsp3) is 0.462. The first kappa shape index (κ1) is 13.3. The Kier molecular flexibility index (Phi) is 3.97. The molecule has 1 aromatic rings. The fourth-order valence-corrected chi connectivity index (χ4v) is 1.74. The molecule has 4 nitrogen and oxygen atoms in total. The Balaban J connectivity index is 2.92. The van der Waals surface area contributed by atoms with Crippen LogP contribution in [0.5, 0.6) is 0 Å². The molecule has 3 N–H and O–H groups in total. The van der Waals surface area contributed by atoms with Crippen molar-refractivity contribution < 1.29 is 5.11 Å². The van der Waals surface area contributed by atoms with E-state index in [4.69, 9.17) is 11.0 Å². The molecule has 0 bridgehead atoms. The Bertz CT molecular complexity index is 429. The molecule has 92 valence electrons. The monoisotopic (exact) mass is 233 g/mol. The summed E-state index contributed by atoms with van der Waals surface area (Å²) in [6.07, 6.45) is 0.302. The Labute approximate surface area is 102 Å². The van der Waals surface area contributed by atoms with Gasteiger partial charge in [0.25, 0.3) is 0 Å². The van der Waals surface area contributed by atoms with Crippen LogP contribution in [-0.4, -0.2) is 24.3 Å². The molecule has 0 saturated carbocycles. The summed E-state index contributed by atoms with van der Waals surface area (Å²) in [5, 5.41) is 18.5. The summed E-state index contributed by atoms with van der Waals surface area (Å²) in [6, 6.07) is 7.67. The molecule has 0 heterocycles. The van der Waals surface area contributed by atoms with E-state index < -0.39 is 5.60 Å². The van der Waals surface area contributed by atoms with E-state index in [1.807, 2.05) is 24.1 Å². The maximum atomic E-state index is 9.76. The Morgan fingerprint density at radius 3 is 2.65 bits per heavy atom. The van der Waals surface area contributed by atoms with Gasteiger partial charge in [-0.2, -0.15) is 5.26 Å². The lowest BCUT2D eigenvalue weighted by Gasteiger charge is -2.27. The minimum absolute atomic E-state index is 0.302. The minimum atomic E-state index is -0.758. The topological polar surface area (TPSA) is 73.3 Å². The van der Waals surface area contributed by atoms with E-state index in [0.29, 0.717) is 18.7 Å². The third-order valence-corrected chi connectivity index (χ3v) is 2.46. The average molecular weight is 233 g/mol. The van der Waals surface area contributed by atoms with Gasteiger partial charge >= 0.3 is 0 Å². The lowest BCUT2D eigenvalue weighted by Crippen LogP contribution is -2.36. The van der Waals surface area contributed by atoms with E-state index in [9.17, 15) is 5.11 Å². The number of nitrogen functional groups attached to an aromatic ring is 1. The summed E-state index contributed by atoms with van der Waals surface area (Å²) in [6.45, 7) is 4.04. The highest BCUT2D eigenvalue weighted by Crippen LogP contribution is 2.22. The van der Waals surface area contributed by atoms with Crippen LogP contribution in [0, 0.1) is 11.3 Å². The van der Waals surface area contributed by atoms with Crippen LogP contribution in [0.2, 0.25) is 0 Å². The van der Waals surface area contributed by atoms with E-state index in [1.165, 1.54) is 0 Å². The SMILES string of the molecule is CN(CC(C)(C)O)c1ccc(N)c(CC#N)c1. The molecule has 0 amide bonds. The molecule has 0 aromatic heterocycles. The Morgan fingerprint density at radius 2 is 2.12 bits per heavy atom. The van der Waals surface area contributed by atoms with Crippen molar-refractivity contribution in [3.8, 4) is 6.07 Å². The molecule has 0 atom stereocenters. The molecule has 0 radical (unpaired) electrons. The summed E-state index contributed by atoms with van der Waals surface area (Å²) in [7, 11) is 1.90. The smallest absolute Gasteiger partial charge is 0.0765 e. The van der Waals surface area contributed by atoms with Crippen LogP contribution in [0.1, 0.15) is 19.4 Å². The second-order valence-electron chi connectivity index (χ2n) is 4.89. The van der Waals surface area contributed by atoms with Gasteiger partial charge in [-0.05, 0) is 37.6 Å². The van der Waals surface area contributed by atoms with Crippen molar-refractivity contribution in [2.45, 2.75) is 25.9 Å². The van der Waals surface area contributed by atoms with Gasteiger partial charge in [-0.25, -0.2) is 0 Å². The van der Waals surface area contributed by atoms with Crippen molar-refractivity contribution >= 4 is 11.4 Å². The van der Waals surface area contributed by atoms with Crippen LogP contribution in [-0.2, 0) is 6.42 Å². The van der Waals surface area contributed by atoms with Crippen LogP contribution < -0.4 is 10.6 Å². The van der Waals surface area contributed by atoms with Crippen LogP contribution in [0.4, 0.5) is 11.4 Å². The Hall–Kier alpha value is -1.73. The second-order valence-corrected chi connectivity index (χ2v) is 4.89. The molecule has 0 spiro atoms. The van der Waals surface area contributed by atoms with Crippen LogP contribution in [0.3, 0.4) is 0 Å². The summed E-state index contributed by atoms with van der Waals surface area (Å²) in [4.78, 5) is 1.94. The van der Waals surface area contributed by atoms with Crippen molar-refractivity contribution in [3.63, 3.8) is 0 Å². The van der Waals surface area contributed by atoms with Crippen molar-refractivity contribution in [1.82, 2.24) is 0 Å². The van der Waals surface area contributed by atoms with E-state index >= 15 is 0 Å². The zero-order valence-electron chi connectivity index (χ0n) is 10.6. The van der Waals surface area contributed by atoms with Crippen molar-refractivity contribution in [1.29, 1.82) is 5.26 Å². The number of likely N-dealkylation sites (N-methyl/N-ethyl adjacent to an activating group) is 1. The maximum Gasteiger partial charge on any atom is 0.0765 e. The molecule has 1 aromatic carbocycles. The van der Waals surface area contributed by atoms with E-state index in [2.05, 4.69) is 6.07 Å². The van der Waals surface area contributed by atoms with E-state index in [0.717, 1.165) is 11.3 Å². The minimum Gasteiger partial charge on any atom is -0.398 e. The molecule has 4 heteroatoms. The number of nitriles is 1. The molecule has 0 aliphatic rings. The maximum absolute atomic E-state index is 9.76. The molecule has 0 aliphatic heterocycles. The van der Waals surface area contributed by atoms with Crippen LogP contribution >= 0.6 is 0 Å². The molecule has 0 unspecified atom stereocenters. The standard InChI is InChI=1S/C13H19N3O/c1-13(2,17)9-16(3)11-4-5-12(15)10(8-11)6-7-14/h4-5,8,17H,6,9,15H2,1-3H3. The van der Waals surface area contributed by atoms with Crippen molar-refractivity contribution in [3.05, 3.63) is 23.8 Å². The normalized spacial score (nSPS) is 11.0. The van der Waals surface area contributed by atoms with Gasteiger partial charge in [0, 0.05) is 25.0 Å². The number of nitrogens with two attached hydrogens (primary N) is 1. The summed E-state index contributed by atoms with van der Waals surface area (Å²) in [5.41, 5.74) is 7.43. The largest absolute Gasteiger partial charge is 0.398 e. The Morgan fingerprint density at radius 1 is 1.47 bits per heavy atom. The van der Waals surface area contributed by atoms with Crippen molar-refractivity contribution in [2.75, 3.05) is 24.2 Å². The third-order valence-electron chi connectivity index (χ3n) is 2.46. The first-order valence-electron chi connectivity index (χ1n) is 5.52. The predicted octanol–water partition coefficient (Wildman–Crippen LogP) is 1.54. The van der Waals surface area contributed by atoms with Crippen molar-refractivity contribution in [2.24, 2.45) is 0 Å².